The lowest BCUT2D eigenvalue weighted by Crippen LogP contribution is -2.47. The van der Waals surface area contributed by atoms with Crippen molar-refractivity contribution in [2.75, 3.05) is 13.1 Å². The Morgan fingerprint density at radius 1 is 1.35 bits per heavy atom. The first-order chi connectivity index (χ1) is 12.2. The van der Waals surface area contributed by atoms with Crippen molar-refractivity contribution in [1.29, 1.82) is 0 Å². The minimum atomic E-state index is -3.62. The van der Waals surface area contributed by atoms with Crippen molar-refractivity contribution in [3.63, 3.8) is 0 Å². The molecule has 144 valence electrons. The number of nitrogens with one attached hydrogen (secondary N) is 1. The van der Waals surface area contributed by atoms with Crippen molar-refractivity contribution in [2.24, 2.45) is 11.8 Å². The summed E-state index contributed by atoms with van der Waals surface area (Å²) >= 11 is 0. The molecular formula is C17H25N3O5S. The Balaban J connectivity index is 1.95. The molecule has 0 spiro atoms. The molecule has 2 N–H and O–H groups in total. The van der Waals surface area contributed by atoms with E-state index >= 15 is 0 Å². The predicted molar refractivity (Wildman–Crippen MR) is 94.7 cm³/mol. The first kappa shape index (κ1) is 20.3. The summed E-state index contributed by atoms with van der Waals surface area (Å²) in [7, 11) is -3.62. The second-order valence-corrected chi connectivity index (χ2v) is 8.83. The van der Waals surface area contributed by atoms with Crippen LogP contribution in [0, 0.1) is 11.8 Å². The lowest BCUT2D eigenvalue weighted by molar-refractivity contribution is -0.143. The van der Waals surface area contributed by atoms with E-state index in [1.54, 1.807) is 6.07 Å². The van der Waals surface area contributed by atoms with Crippen LogP contribution in [0.1, 0.15) is 33.1 Å². The molecule has 0 radical (unpaired) electrons. The molecule has 26 heavy (non-hydrogen) atoms. The summed E-state index contributed by atoms with van der Waals surface area (Å²) in [4.78, 5) is 27.6. The number of carboxylic acid groups (broad SMARTS) is 1. The van der Waals surface area contributed by atoms with Crippen LogP contribution in [0.4, 0.5) is 0 Å². The summed E-state index contributed by atoms with van der Waals surface area (Å²) < 4.78 is 26.5. The molecule has 8 nitrogen and oxygen atoms in total. The van der Waals surface area contributed by atoms with Crippen LogP contribution < -0.4 is 5.32 Å². The summed E-state index contributed by atoms with van der Waals surface area (Å²) in [6.07, 6.45) is 3.89. The number of carboxylic acids is 1. The first-order valence-corrected chi connectivity index (χ1v) is 10.1. The molecule has 0 aliphatic carbocycles. The molecule has 1 atom stereocenters. The number of nitrogens with zero attached hydrogens (tertiary/aromatic N) is 2. The van der Waals surface area contributed by atoms with Crippen LogP contribution in [-0.2, 0) is 19.6 Å². The van der Waals surface area contributed by atoms with E-state index in [-0.39, 0.29) is 35.7 Å². The van der Waals surface area contributed by atoms with Crippen molar-refractivity contribution in [1.82, 2.24) is 14.6 Å². The fraction of sp³-hybridized carbons (Fsp3) is 0.588. The number of pyridine rings is 1. The fourth-order valence-electron chi connectivity index (χ4n) is 2.99. The predicted octanol–water partition coefficient (Wildman–Crippen LogP) is 1.10. The third-order valence-corrected chi connectivity index (χ3v) is 6.30. The van der Waals surface area contributed by atoms with E-state index < -0.39 is 22.0 Å². The average Bonchev–Trinajstić information content (AvgIpc) is 2.61. The number of aliphatic carboxylic acids is 1. The number of rotatable bonds is 7. The quantitative estimate of drug-likeness (QED) is 0.728. The molecule has 0 aromatic carbocycles. The van der Waals surface area contributed by atoms with E-state index in [1.165, 1.54) is 22.8 Å². The van der Waals surface area contributed by atoms with Gasteiger partial charge in [-0.3, -0.25) is 9.78 Å². The van der Waals surface area contributed by atoms with E-state index in [4.69, 9.17) is 0 Å². The van der Waals surface area contributed by atoms with Crippen LogP contribution in [0.25, 0.3) is 0 Å². The summed E-state index contributed by atoms with van der Waals surface area (Å²) in [5.41, 5.74) is 0. The van der Waals surface area contributed by atoms with Gasteiger partial charge in [0.15, 0.2) is 0 Å². The third-order valence-electron chi connectivity index (χ3n) is 4.42. The van der Waals surface area contributed by atoms with Crippen LogP contribution in [0.5, 0.6) is 0 Å². The molecule has 0 unspecified atom stereocenters. The van der Waals surface area contributed by atoms with Crippen molar-refractivity contribution >= 4 is 21.9 Å². The molecule has 2 heterocycles. The Bertz CT molecular complexity index is 728. The number of hydrogen-bond acceptors (Lipinski definition) is 5. The van der Waals surface area contributed by atoms with Gasteiger partial charge >= 0.3 is 5.97 Å². The van der Waals surface area contributed by atoms with Crippen LogP contribution in [0.3, 0.4) is 0 Å². The van der Waals surface area contributed by atoms with Crippen molar-refractivity contribution in [3.8, 4) is 0 Å². The Morgan fingerprint density at radius 3 is 2.50 bits per heavy atom. The Labute approximate surface area is 153 Å². The molecule has 1 aliphatic rings. The van der Waals surface area contributed by atoms with Gasteiger partial charge < -0.3 is 10.4 Å². The van der Waals surface area contributed by atoms with E-state index in [1.807, 2.05) is 13.8 Å². The normalized spacial score (nSPS) is 17.8. The number of aromatic nitrogens is 1. The Morgan fingerprint density at radius 2 is 2.00 bits per heavy atom. The number of hydrogen-bond donors (Lipinski definition) is 2. The molecule has 1 aromatic heterocycles. The number of amides is 1. The Kier molecular flexibility index (Phi) is 6.71. The summed E-state index contributed by atoms with van der Waals surface area (Å²) in [6.45, 7) is 4.22. The van der Waals surface area contributed by atoms with Gasteiger partial charge in [-0.25, -0.2) is 13.2 Å². The van der Waals surface area contributed by atoms with E-state index in [9.17, 15) is 23.1 Å². The van der Waals surface area contributed by atoms with Gasteiger partial charge in [0.1, 0.15) is 10.9 Å². The van der Waals surface area contributed by atoms with Gasteiger partial charge in [0.2, 0.25) is 15.9 Å². The van der Waals surface area contributed by atoms with Crippen LogP contribution in [0.15, 0.2) is 29.4 Å². The van der Waals surface area contributed by atoms with Gasteiger partial charge in [0.25, 0.3) is 0 Å². The second-order valence-electron chi connectivity index (χ2n) is 6.90. The maximum atomic E-state index is 12.6. The van der Waals surface area contributed by atoms with Crippen molar-refractivity contribution in [2.45, 2.75) is 44.0 Å². The largest absolute Gasteiger partial charge is 0.480 e. The summed E-state index contributed by atoms with van der Waals surface area (Å²) in [6, 6.07) is 2.14. The number of carbonyl (C=O) groups is 2. The maximum absolute atomic E-state index is 12.6. The lowest BCUT2D eigenvalue weighted by atomic mass is 9.96. The fourth-order valence-corrected chi connectivity index (χ4v) is 4.42. The SMILES string of the molecule is CC(C)C[C@H](NC(=O)C1CCN(S(=O)(=O)c2cccnc2)CC1)C(=O)O. The topological polar surface area (TPSA) is 117 Å². The molecule has 1 fully saturated rings. The molecule has 9 heteroatoms. The summed E-state index contributed by atoms with van der Waals surface area (Å²) in [5.74, 6) is -1.62. The van der Waals surface area contributed by atoms with Crippen molar-refractivity contribution < 1.29 is 23.1 Å². The number of carbonyl (C=O) groups excluding carboxylic acids is 1. The molecule has 1 aliphatic heterocycles. The highest BCUT2D eigenvalue weighted by Gasteiger charge is 2.33. The monoisotopic (exact) mass is 383 g/mol. The molecule has 0 bridgehead atoms. The van der Waals surface area contributed by atoms with Crippen LogP contribution in [0.2, 0.25) is 0 Å². The molecule has 2 rings (SSSR count). The summed E-state index contributed by atoms with van der Waals surface area (Å²) in [5, 5.41) is 11.8. The van der Waals surface area contributed by atoms with Gasteiger partial charge in [0.05, 0.1) is 0 Å². The zero-order chi connectivity index (χ0) is 19.3. The van der Waals surface area contributed by atoms with Gasteiger partial charge in [-0.05, 0) is 37.3 Å². The van der Waals surface area contributed by atoms with Gasteiger partial charge in [0, 0.05) is 31.4 Å². The zero-order valence-electron chi connectivity index (χ0n) is 15.0. The minimum Gasteiger partial charge on any atom is -0.480 e. The molecule has 1 saturated heterocycles. The average molecular weight is 383 g/mol. The van der Waals surface area contributed by atoms with Crippen molar-refractivity contribution in [3.05, 3.63) is 24.5 Å². The third kappa shape index (κ3) is 5.01. The molecule has 0 saturated carbocycles. The highest BCUT2D eigenvalue weighted by molar-refractivity contribution is 7.89. The lowest BCUT2D eigenvalue weighted by Gasteiger charge is -2.31. The van der Waals surface area contributed by atoms with Crippen LogP contribution in [-0.4, -0.2) is 53.8 Å². The first-order valence-electron chi connectivity index (χ1n) is 8.65. The number of sulfonamides is 1. The zero-order valence-corrected chi connectivity index (χ0v) is 15.8. The van der Waals surface area contributed by atoms with Gasteiger partial charge in [-0.1, -0.05) is 13.8 Å². The van der Waals surface area contributed by atoms with E-state index in [0.29, 0.717) is 19.3 Å². The molecular weight excluding hydrogens is 358 g/mol. The van der Waals surface area contributed by atoms with Crippen LogP contribution >= 0.6 is 0 Å². The maximum Gasteiger partial charge on any atom is 0.326 e. The minimum absolute atomic E-state index is 0.130. The van der Waals surface area contributed by atoms with Gasteiger partial charge in [-0.2, -0.15) is 4.31 Å². The van der Waals surface area contributed by atoms with E-state index in [2.05, 4.69) is 10.3 Å². The molecule has 1 aromatic rings. The smallest absolute Gasteiger partial charge is 0.326 e. The highest BCUT2D eigenvalue weighted by atomic mass is 32.2. The standard InChI is InChI=1S/C17H25N3O5S/c1-12(2)10-15(17(22)23)19-16(21)13-5-8-20(9-6-13)26(24,25)14-4-3-7-18-11-14/h3-4,7,11-13,15H,5-6,8-10H2,1-2H3,(H,19,21)(H,22,23)/t15-/m0/s1. The Hall–Kier alpha value is -2.00. The number of piperidine rings is 1. The van der Waals surface area contributed by atoms with Gasteiger partial charge in [-0.15, -0.1) is 0 Å². The van der Waals surface area contributed by atoms with E-state index in [0.717, 1.165) is 0 Å². The highest BCUT2D eigenvalue weighted by Crippen LogP contribution is 2.23. The second kappa shape index (κ2) is 8.59. The molecule has 1 amide bonds.